The van der Waals surface area contributed by atoms with Gasteiger partial charge in [-0.25, -0.2) is 8.42 Å². The van der Waals surface area contributed by atoms with Crippen LogP contribution in [0.5, 0.6) is 0 Å². The van der Waals surface area contributed by atoms with Gasteiger partial charge in [-0.05, 0) is 30.9 Å². The zero-order valence-electron chi connectivity index (χ0n) is 9.93. The number of rotatable bonds is 6. The van der Waals surface area contributed by atoms with Crippen LogP contribution < -0.4 is 5.73 Å². The van der Waals surface area contributed by atoms with Gasteiger partial charge in [0.2, 0.25) is 0 Å². The van der Waals surface area contributed by atoms with Crippen LogP contribution in [0.25, 0.3) is 0 Å². The van der Waals surface area contributed by atoms with E-state index in [1.54, 1.807) is 16.4 Å². The lowest BCUT2D eigenvalue weighted by Crippen LogP contribution is -2.32. The second kappa shape index (κ2) is 5.06. The summed E-state index contributed by atoms with van der Waals surface area (Å²) in [4.78, 5) is 0.908. The van der Waals surface area contributed by atoms with E-state index < -0.39 is 10.0 Å². The van der Waals surface area contributed by atoms with Crippen molar-refractivity contribution in [1.82, 2.24) is 4.31 Å². The largest absolute Gasteiger partial charge is 0.326 e. The molecule has 1 saturated carbocycles. The normalized spacial score (nSPS) is 16.6. The first kappa shape index (κ1) is 13.0. The quantitative estimate of drug-likeness (QED) is 0.857. The van der Waals surface area contributed by atoms with E-state index in [1.807, 2.05) is 6.92 Å². The van der Waals surface area contributed by atoms with Crippen molar-refractivity contribution in [3.05, 3.63) is 17.0 Å². The van der Waals surface area contributed by atoms with E-state index in [9.17, 15) is 8.42 Å². The van der Waals surface area contributed by atoms with Crippen LogP contribution in [0.4, 0.5) is 0 Å². The zero-order valence-corrected chi connectivity index (χ0v) is 11.6. The van der Waals surface area contributed by atoms with Gasteiger partial charge in [-0.1, -0.05) is 6.92 Å². The lowest BCUT2D eigenvalue weighted by Gasteiger charge is -2.19. The monoisotopic (exact) mass is 274 g/mol. The van der Waals surface area contributed by atoms with Crippen molar-refractivity contribution < 1.29 is 8.42 Å². The van der Waals surface area contributed by atoms with E-state index in [2.05, 4.69) is 0 Å². The van der Waals surface area contributed by atoms with Gasteiger partial charge in [-0.2, -0.15) is 4.31 Å². The fourth-order valence-electron chi connectivity index (χ4n) is 1.72. The SMILES string of the molecule is CCN(CC1CC1)S(=O)(=O)c1ccc(CN)s1. The first-order valence-corrected chi connectivity index (χ1v) is 8.12. The summed E-state index contributed by atoms with van der Waals surface area (Å²) in [5.41, 5.74) is 5.51. The van der Waals surface area contributed by atoms with Crippen molar-refractivity contribution in [2.24, 2.45) is 11.7 Å². The number of hydrogen-bond donors (Lipinski definition) is 1. The first-order chi connectivity index (χ1) is 8.07. The van der Waals surface area contributed by atoms with E-state index >= 15 is 0 Å². The summed E-state index contributed by atoms with van der Waals surface area (Å²) in [6.45, 7) is 3.48. The zero-order chi connectivity index (χ0) is 12.5. The molecular formula is C11H18N2O2S2. The molecule has 2 N–H and O–H groups in total. The third-order valence-corrected chi connectivity index (χ3v) is 6.46. The van der Waals surface area contributed by atoms with Crippen LogP contribution in [0.15, 0.2) is 16.3 Å². The van der Waals surface area contributed by atoms with Gasteiger partial charge in [0.25, 0.3) is 10.0 Å². The number of nitrogens with zero attached hydrogens (tertiary/aromatic N) is 1. The van der Waals surface area contributed by atoms with Crippen molar-refractivity contribution in [3.63, 3.8) is 0 Å². The predicted octanol–water partition coefficient (Wildman–Crippen LogP) is 1.63. The highest BCUT2D eigenvalue weighted by Crippen LogP contribution is 2.32. The van der Waals surface area contributed by atoms with Crippen LogP contribution >= 0.6 is 11.3 Å². The molecule has 1 fully saturated rings. The molecule has 0 spiro atoms. The molecule has 1 heterocycles. The standard InChI is InChI=1S/C11H18N2O2S2/c1-2-13(8-9-3-4-9)17(14,15)11-6-5-10(7-12)16-11/h5-6,9H,2-4,7-8,12H2,1H3. The van der Waals surface area contributed by atoms with Crippen molar-refractivity contribution in [2.45, 2.75) is 30.5 Å². The molecule has 0 radical (unpaired) electrons. The highest BCUT2D eigenvalue weighted by atomic mass is 32.2. The molecule has 1 aromatic heterocycles. The third-order valence-electron chi connectivity index (χ3n) is 2.94. The van der Waals surface area contributed by atoms with Gasteiger partial charge >= 0.3 is 0 Å². The molecule has 0 aliphatic heterocycles. The second-order valence-corrected chi connectivity index (χ2v) is 7.66. The molecule has 0 bridgehead atoms. The molecule has 6 heteroatoms. The van der Waals surface area contributed by atoms with E-state index in [-0.39, 0.29) is 0 Å². The van der Waals surface area contributed by atoms with E-state index in [0.717, 1.165) is 17.7 Å². The lowest BCUT2D eigenvalue weighted by molar-refractivity contribution is 0.413. The fourth-order valence-corrected chi connectivity index (χ4v) is 4.63. The molecule has 0 atom stereocenters. The molecule has 0 saturated heterocycles. The molecule has 4 nitrogen and oxygen atoms in total. The molecule has 96 valence electrons. The Bertz CT molecular complexity index is 477. The van der Waals surface area contributed by atoms with Gasteiger partial charge in [0.15, 0.2) is 0 Å². The van der Waals surface area contributed by atoms with Gasteiger partial charge in [0, 0.05) is 24.5 Å². The van der Waals surface area contributed by atoms with Gasteiger partial charge < -0.3 is 5.73 Å². The maximum absolute atomic E-state index is 12.4. The van der Waals surface area contributed by atoms with Crippen LogP contribution in [-0.2, 0) is 16.6 Å². The Morgan fingerprint density at radius 3 is 2.65 bits per heavy atom. The van der Waals surface area contributed by atoms with Crippen molar-refractivity contribution in [2.75, 3.05) is 13.1 Å². The van der Waals surface area contributed by atoms with Crippen LogP contribution in [0.2, 0.25) is 0 Å². The summed E-state index contributed by atoms with van der Waals surface area (Å²) >= 11 is 1.28. The van der Waals surface area contributed by atoms with Gasteiger partial charge in [-0.15, -0.1) is 11.3 Å². The third kappa shape index (κ3) is 2.88. The average Bonchev–Trinajstić information content (AvgIpc) is 2.99. The minimum atomic E-state index is -3.30. The Morgan fingerprint density at radius 1 is 1.47 bits per heavy atom. The predicted molar refractivity (Wildman–Crippen MR) is 69.4 cm³/mol. The molecule has 0 unspecified atom stereocenters. The molecule has 1 aromatic rings. The highest BCUT2D eigenvalue weighted by Gasteiger charge is 2.31. The maximum Gasteiger partial charge on any atom is 0.252 e. The summed E-state index contributed by atoms with van der Waals surface area (Å²) < 4.78 is 26.7. The van der Waals surface area contributed by atoms with Crippen molar-refractivity contribution in [1.29, 1.82) is 0 Å². The molecule has 1 aliphatic rings. The number of nitrogens with two attached hydrogens (primary N) is 1. The van der Waals surface area contributed by atoms with Crippen LogP contribution in [0.3, 0.4) is 0 Å². The van der Waals surface area contributed by atoms with Gasteiger partial charge in [-0.3, -0.25) is 0 Å². The second-order valence-electron chi connectivity index (χ2n) is 4.32. The average molecular weight is 274 g/mol. The van der Waals surface area contributed by atoms with E-state index in [4.69, 9.17) is 5.73 Å². The summed E-state index contributed by atoms with van der Waals surface area (Å²) in [6.07, 6.45) is 2.31. The smallest absolute Gasteiger partial charge is 0.252 e. The molecule has 17 heavy (non-hydrogen) atoms. The summed E-state index contributed by atoms with van der Waals surface area (Å²) in [7, 11) is -3.30. The Hall–Kier alpha value is -0.430. The Labute approximate surface area is 106 Å². The summed E-state index contributed by atoms with van der Waals surface area (Å²) in [5, 5.41) is 0. The lowest BCUT2D eigenvalue weighted by atomic mass is 10.4. The number of hydrogen-bond acceptors (Lipinski definition) is 4. The van der Waals surface area contributed by atoms with Gasteiger partial charge in [0.1, 0.15) is 4.21 Å². The first-order valence-electron chi connectivity index (χ1n) is 5.87. The minimum Gasteiger partial charge on any atom is -0.326 e. The minimum absolute atomic E-state index is 0.398. The molecule has 1 aliphatic carbocycles. The van der Waals surface area contributed by atoms with Crippen molar-refractivity contribution in [3.8, 4) is 0 Å². The van der Waals surface area contributed by atoms with E-state index in [0.29, 0.717) is 29.8 Å². The van der Waals surface area contributed by atoms with E-state index in [1.165, 1.54) is 11.3 Å². The maximum atomic E-state index is 12.4. The molecule has 0 amide bonds. The van der Waals surface area contributed by atoms with Crippen molar-refractivity contribution >= 4 is 21.4 Å². The van der Waals surface area contributed by atoms with Crippen LogP contribution in [-0.4, -0.2) is 25.8 Å². The number of thiophene rings is 1. The fraction of sp³-hybridized carbons (Fsp3) is 0.636. The Balaban J connectivity index is 2.19. The summed E-state index contributed by atoms with van der Waals surface area (Å²) in [5.74, 6) is 0.568. The van der Waals surface area contributed by atoms with Gasteiger partial charge in [0.05, 0.1) is 0 Å². The topological polar surface area (TPSA) is 63.4 Å². The molecular weight excluding hydrogens is 256 g/mol. The highest BCUT2D eigenvalue weighted by molar-refractivity contribution is 7.91. The summed E-state index contributed by atoms with van der Waals surface area (Å²) in [6, 6.07) is 3.46. The van der Waals surface area contributed by atoms with Crippen LogP contribution in [0.1, 0.15) is 24.6 Å². The Morgan fingerprint density at radius 2 is 2.18 bits per heavy atom. The Kier molecular flexibility index (Phi) is 3.87. The van der Waals surface area contributed by atoms with Crippen LogP contribution in [0, 0.1) is 5.92 Å². The molecule has 2 rings (SSSR count). The molecule has 0 aromatic carbocycles. The number of sulfonamides is 1.